The molecule has 2 aromatic heterocycles. The van der Waals surface area contributed by atoms with Crippen molar-refractivity contribution in [2.45, 2.75) is 37.2 Å². The molecule has 0 amide bonds. The number of thiazole rings is 1. The van der Waals surface area contributed by atoms with Crippen LogP contribution in [0.3, 0.4) is 0 Å². The van der Waals surface area contributed by atoms with Crippen LogP contribution >= 0.6 is 23.1 Å². The van der Waals surface area contributed by atoms with E-state index < -0.39 is 17.7 Å². The molecule has 0 saturated carbocycles. The van der Waals surface area contributed by atoms with Crippen LogP contribution in [0, 0.1) is 13.8 Å². The van der Waals surface area contributed by atoms with E-state index in [4.69, 9.17) is 5.11 Å². The van der Waals surface area contributed by atoms with Crippen LogP contribution < -0.4 is 0 Å². The van der Waals surface area contributed by atoms with Gasteiger partial charge in [-0.2, -0.15) is 13.2 Å². The summed E-state index contributed by atoms with van der Waals surface area (Å²) in [6.45, 7) is 3.70. The molecule has 32 heavy (non-hydrogen) atoms. The van der Waals surface area contributed by atoms with Gasteiger partial charge in [-0.15, -0.1) is 23.1 Å². The highest BCUT2D eigenvalue weighted by Gasteiger charge is 2.30. The summed E-state index contributed by atoms with van der Waals surface area (Å²) in [5, 5.41) is 9.72. The molecule has 4 rings (SSSR count). The quantitative estimate of drug-likeness (QED) is 0.336. The van der Waals surface area contributed by atoms with Crippen LogP contribution in [-0.4, -0.2) is 25.6 Å². The first-order valence-corrected chi connectivity index (χ1v) is 11.4. The summed E-state index contributed by atoms with van der Waals surface area (Å²) in [6, 6.07) is 8.86. The monoisotopic (exact) mass is 477 g/mol. The zero-order valence-electron chi connectivity index (χ0n) is 17.1. The molecule has 0 fully saturated rings. The molecule has 0 spiro atoms. The summed E-state index contributed by atoms with van der Waals surface area (Å²) >= 11 is 3.09. The summed E-state index contributed by atoms with van der Waals surface area (Å²) in [4.78, 5) is 22.0. The predicted octanol–water partition coefficient (Wildman–Crippen LogP) is 6.17. The Labute approximate surface area is 189 Å². The number of imidazole rings is 1. The molecule has 0 aliphatic rings. The highest BCUT2D eigenvalue weighted by molar-refractivity contribution is 7.98. The minimum atomic E-state index is -4.36. The number of hydrogen-bond acceptors (Lipinski definition) is 5. The van der Waals surface area contributed by atoms with Crippen molar-refractivity contribution in [2.75, 3.05) is 0 Å². The van der Waals surface area contributed by atoms with Gasteiger partial charge in [0.25, 0.3) is 0 Å². The number of aliphatic carboxylic acids is 1. The van der Waals surface area contributed by atoms with Gasteiger partial charge in [-0.05, 0) is 43.7 Å². The van der Waals surface area contributed by atoms with Gasteiger partial charge in [-0.3, -0.25) is 4.79 Å². The number of carboxylic acid groups (broad SMARTS) is 1. The highest BCUT2D eigenvalue weighted by Crippen LogP contribution is 2.36. The van der Waals surface area contributed by atoms with Gasteiger partial charge in [0.05, 0.1) is 28.6 Å². The number of alkyl halides is 3. The first-order chi connectivity index (χ1) is 15.1. The molecule has 0 radical (unpaired) electrons. The van der Waals surface area contributed by atoms with Gasteiger partial charge in [0.1, 0.15) is 11.6 Å². The van der Waals surface area contributed by atoms with Gasteiger partial charge >= 0.3 is 12.1 Å². The second-order valence-electron chi connectivity index (χ2n) is 7.21. The Morgan fingerprint density at radius 1 is 1.16 bits per heavy atom. The number of halogens is 3. The Morgan fingerprint density at radius 3 is 2.53 bits per heavy atom. The SMILES string of the molecule is Cc1nc(-c2ccc(C(F)(F)F)cc2)sc1CSc1ccc2c(ncn2CC(=O)O)c1C. The fraction of sp³-hybridized carbons (Fsp3) is 0.227. The third-order valence-electron chi connectivity index (χ3n) is 5.01. The molecule has 0 bridgehead atoms. The Hall–Kier alpha value is -2.85. The maximum atomic E-state index is 12.8. The van der Waals surface area contributed by atoms with E-state index in [1.54, 1.807) is 16.3 Å². The maximum absolute atomic E-state index is 12.8. The number of rotatable bonds is 6. The number of benzene rings is 2. The molecule has 2 aromatic carbocycles. The lowest BCUT2D eigenvalue weighted by Crippen LogP contribution is -2.07. The minimum Gasteiger partial charge on any atom is -0.480 e. The van der Waals surface area contributed by atoms with E-state index in [-0.39, 0.29) is 6.54 Å². The van der Waals surface area contributed by atoms with Crippen LogP contribution in [0.1, 0.15) is 21.7 Å². The molecule has 0 aliphatic carbocycles. The Balaban J connectivity index is 1.52. The predicted molar refractivity (Wildman–Crippen MR) is 119 cm³/mol. The van der Waals surface area contributed by atoms with Gasteiger partial charge in [0.2, 0.25) is 0 Å². The molecule has 2 heterocycles. The smallest absolute Gasteiger partial charge is 0.416 e. The van der Waals surface area contributed by atoms with Crippen molar-refractivity contribution >= 4 is 40.1 Å². The van der Waals surface area contributed by atoms with Crippen molar-refractivity contribution in [3.05, 3.63) is 64.4 Å². The number of hydrogen-bond donors (Lipinski definition) is 1. The van der Waals surface area contributed by atoms with Crippen molar-refractivity contribution in [3.8, 4) is 10.6 Å². The molecule has 0 saturated heterocycles. The van der Waals surface area contributed by atoms with Gasteiger partial charge in [-0.25, -0.2) is 9.97 Å². The fourth-order valence-electron chi connectivity index (χ4n) is 3.31. The molecule has 0 unspecified atom stereocenters. The van der Waals surface area contributed by atoms with E-state index in [0.717, 1.165) is 44.2 Å². The largest absolute Gasteiger partial charge is 0.480 e. The Kier molecular flexibility index (Phi) is 6.00. The molecule has 5 nitrogen and oxygen atoms in total. The zero-order valence-corrected chi connectivity index (χ0v) is 18.7. The Morgan fingerprint density at radius 2 is 1.88 bits per heavy atom. The van der Waals surface area contributed by atoms with Crippen LogP contribution in [0.5, 0.6) is 0 Å². The van der Waals surface area contributed by atoms with E-state index in [1.807, 2.05) is 26.0 Å². The second kappa shape index (κ2) is 8.59. The van der Waals surface area contributed by atoms with Gasteiger partial charge < -0.3 is 9.67 Å². The average Bonchev–Trinajstić information content (AvgIpc) is 3.30. The zero-order chi connectivity index (χ0) is 23.0. The lowest BCUT2D eigenvalue weighted by Gasteiger charge is -2.07. The summed E-state index contributed by atoms with van der Waals surface area (Å²) in [5.74, 6) is -0.267. The lowest BCUT2D eigenvalue weighted by atomic mass is 10.1. The molecular formula is C22H18F3N3O2S2. The van der Waals surface area contributed by atoms with Crippen LogP contribution in [0.4, 0.5) is 13.2 Å². The number of carbonyl (C=O) groups is 1. The van der Waals surface area contributed by atoms with Crippen molar-refractivity contribution < 1.29 is 23.1 Å². The number of fused-ring (bicyclic) bond motifs is 1. The van der Waals surface area contributed by atoms with Crippen molar-refractivity contribution in [1.29, 1.82) is 0 Å². The standard InChI is InChI=1S/C22H18F3N3O2S2/c1-12-17(8-7-16-20(12)26-11-28(16)9-19(29)30)31-10-18-13(2)27-21(32-18)14-3-5-15(6-4-14)22(23,24)25/h3-8,11H,9-10H2,1-2H3,(H,29,30). The lowest BCUT2D eigenvalue weighted by molar-refractivity contribution is -0.138. The normalized spacial score (nSPS) is 11.9. The van der Waals surface area contributed by atoms with Crippen molar-refractivity contribution in [2.24, 2.45) is 0 Å². The third kappa shape index (κ3) is 4.51. The molecule has 0 atom stereocenters. The van der Waals surface area contributed by atoms with Crippen molar-refractivity contribution in [1.82, 2.24) is 14.5 Å². The number of carboxylic acids is 1. The molecule has 166 valence electrons. The van der Waals surface area contributed by atoms with Crippen LogP contribution in [0.15, 0.2) is 47.6 Å². The summed E-state index contributed by atoms with van der Waals surface area (Å²) in [6.07, 6.45) is -2.83. The van der Waals surface area contributed by atoms with E-state index >= 15 is 0 Å². The van der Waals surface area contributed by atoms with Crippen molar-refractivity contribution in [3.63, 3.8) is 0 Å². The molecule has 4 aromatic rings. The van der Waals surface area contributed by atoms with E-state index in [0.29, 0.717) is 16.3 Å². The van der Waals surface area contributed by atoms with E-state index in [9.17, 15) is 18.0 Å². The van der Waals surface area contributed by atoms with E-state index in [2.05, 4.69) is 9.97 Å². The summed E-state index contributed by atoms with van der Waals surface area (Å²) < 4.78 is 40.0. The van der Waals surface area contributed by atoms with Gasteiger partial charge in [-0.1, -0.05) is 12.1 Å². The third-order valence-corrected chi connectivity index (χ3v) is 7.59. The fourth-order valence-corrected chi connectivity index (χ4v) is 5.56. The number of aromatic nitrogens is 3. The van der Waals surface area contributed by atoms with E-state index in [1.165, 1.54) is 29.8 Å². The van der Waals surface area contributed by atoms with Crippen LogP contribution in [-0.2, 0) is 23.3 Å². The van der Waals surface area contributed by atoms with Gasteiger partial charge in [0, 0.05) is 21.1 Å². The molecule has 10 heteroatoms. The minimum absolute atomic E-state index is 0.144. The highest BCUT2D eigenvalue weighted by atomic mass is 32.2. The number of thioether (sulfide) groups is 1. The molecule has 0 aliphatic heterocycles. The van der Waals surface area contributed by atoms with Crippen LogP contribution in [0.2, 0.25) is 0 Å². The number of aryl methyl sites for hydroxylation is 2. The maximum Gasteiger partial charge on any atom is 0.416 e. The summed E-state index contributed by atoms with van der Waals surface area (Å²) in [7, 11) is 0. The number of nitrogens with zero attached hydrogens (tertiary/aromatic N) is 3. The Bertz CT molecular complexity index is 1290. The second-order valence-corrected chi connectivity index (χ2v) is 9.31. The first-order valence-electron chi connectivity index (χ1n) is 9.56. The summed E-state index contributed by atoms with van der Waals surface area (Å²) in [5.41, 5.74) is 3.34. The molecular weight excluding hydrogens is 459 g/mol. The topological polar surface area (TPSA) is 68.0 Å². The van der Waals surface area contributed by atoms with Crippen LogP contribution in [0.25, 0.3) is 21.6 Å². The first kappa shape index (κ1) is 22.3. The average molecular weight is 478 g/mol. The molecule has 1 N–H and O–H groups in total. The van der Waals surface area contributed by atoms with Gasteiger partial charge in [0.15, 0.2) is 0 Å².